The van der Waals surface area contributed by atoms with E-state index in [1.807, 2.05) is 0 Å². The van der Waals surface area contributed by atoms with Gasteiger partial charge in [-0.05, 0) is 19.3 Å². The first kappa shape index (κ1) is 9.53. The van der Waals surface area contributed by atoms with E-state index in [1.54, 1.807) is 10.9 Å². The van der Waals surface area contributed by atoms with Crippen molar-refractivity contribution in [3.05, 3.63) is 12.5 Å². The van der Waals surface area contributed by atoms with Gasteiger partial charge in [0.1, 0.15) is 12.1 Å². The van der Waals surface area contributed by atoms with Crippen LogP contribution in [0.25, 0.3) is 11.0 Å². The van der Waals surface area contributed by atoms with E-state index in [4.69, 9.17) is 5.73 Å². The molecule has 84 valence electrons. The van der Waals surface area contributed by atoms with Crippen molar-refractivity contribution < 1.29 is 5.11 Å². The van der Waals surface area contributed by atoms with Crippen LogP contribution >= 0.6 is 0 Å². The Labute approximate surface area is 92.1 Å². The summed E-state index contributed by atoms with van der Waals surface area (Å²) in [4.78, 5) is 8.10. The number of aromatic nitrogens is 4. The monoisotopic (exact) mass is 219 g/mol. The van der Waals surface area contributed by atoms with Crippen LogP contribution in [-0.2, 0) is 0 Å². The summed E-state index contributed by atoms with van der Waals surface area (Å²) < 4.78 is 1.77. The van der Waals surface area contributed by atoms with Crippen molar-refractivity contribution in [3.8, 4) is 0 Å². The van der Waals surface area contributed by atoms with Crippen LogP contribution in [0.4, 0.5) is 5.82 Å². The summed E-state index contributed by atoms with van der Waals surface area (Å²) in [7, 11) is 0. The SMILES string of the molecule is Nc1ncnc2c1cnn2C1CCCC1O. The summed E-state index contributed by atoms with van der Waals surface area (Å²) in [6.07, 6.45) is 5.54. The fourth-order valence-electron chi connectivity index (χ4n) is 2.33. The van der Waals surface area contributed by atoms with Crippen molar-refractivity contribution in [2.45, 2.75) is 31.4 Å². The first-order valence-corrected chi connectivity index (χ1v) is 5.39. The van der Waals surface area contributed by atoms with E-state index in [0.29, 0.717) is 11.5 Å². The van der Waals surface area contributed by atoms with Crippen LogP contribution in [0.15, 0.2) is 12.5 Å². The third kappa shape index (κ3) is 1.26. The molecule has 3 N–H and O–H groups in total. The Morgan fingerprint density at radius 2 is 2.25 bits per heavy atom. The summed E-state index contributed by atoms with van der Waals surface area (Å²) in [5.41, 5.74) is 6.44. The molecule has 0 aromatic carbocycles. The summed E-state index contributed by atoms with van der Waals surface area (Å²) >= 11 is 0. The van der Waals surface area contributed by atoms with Gasteiger partial charge in [0.05, 0.1) is 23.7 Å². The predicted octanol–water partition coefficient (Wildman–Crippen LogP) is 0.494. The number of hydrogen-bond acceptors (Lipinski definition) is 5. The molecule has 16 heavy (non-hydrogen) atoms. The molecule has 1 saturated carbocycles. The van der Waals surface area contributed by atoms with Crippen molar-refractivity contribution in [2.24, 2.45) is 0 Å². The van der Waals surface area contributed by atoms with Crippen molar-refractivity contribution in [1.82, 2.24) is 19.7 Å². The molecule has 2 aromatic rings. The number of rotatable bonds is 1. The average molecular weight is 219 g/mol. The normalized spacial score (nSPS) is 25.3. The van der Waals surface area contributed by atoms with Gasteiger partial charge in [-0.3, -0.25) is 0 Å². The first-order valence-electron chi connectivity index (χ1n) is 5.39. The number of hydrogen-bond donors (Lipinski definition) is 2. The second kappa shape index (κ2) is 3.41. The maximum absolute atomic E-state index is 9.85. The quantitative estimate of drug-likeness (QED) is 0.728. The van der Waals surface area contributed by atoms with Crippen molar-refractivity contribution in [3.63, 3.8) is 0 Å². The molecule has 2 heterocycles. The minimum atomic E-state index is -0.334. The summed E-state index contributed by atoms with van der Waals surface area (Å²) in [6.45, 7) is 0. The van der Waals surface area contributed by atoms with Crippen LogP contribution in [0.1, 0.15) is 25.3 Å². The molecule has 0 aliphatic heterocycles. The topological polar surface area (TPSA) is 89.9 Å². The summed E-state index contributed by atoms with van der Waals surface area (Å²) in [5, 5.41) is 14.9. The molecule has 6 heteroatoms. The molecule has 0 bridgehead atoms. The lowest BCUT2D eigenvalue weighted by Gasteiger charge is -2.15. The van der Waals surface area contributed by atoms with E-state index in [2.05, 4.69) is 15.1 Å². The van der Waals surface area contributed by atoms with Gasteiger partial charge >= 0.3 is 0 Å². The number of anilines is 1. The molecule has 3 rings (SSSR count). The fraction of sp³-hybridized carbons (Fsp3) is 0.500. The zero-order chi connectivity index (χ0) is 11.1. The van der Waals surface area contributed by atoms with Gasteiger partial charge in [0.25, 0.3) is 0 Å². The van der Waals surface area contributed by atoms with E-state index in [0.717, 1.165) is 24.6 Å². The van der Waals surface area contributed by atoms with Gasteiger partial charge in [-0.1, -0.05) is 0 Å². The van der Waals surface area contributed by atoms with Gasteiger partial charge in [0.2, 0.25) is 0 Å². The highest BCUT2D eigenvalue weighted by molar-refractivity contribution is 5.84. The molecule has 1 fully saturated rings. The highest BCUT2D eigenvalue weighted by Gasteiger charge is 2.29. The standard InChI is InChI=1S/C10H13N5O/c11-9-6-4-14-15(10(6)13-5-12-9)7-2-1-3-8(7)16/h4-5,7-8,16H,1-3H2,(H2,11,12,13). The van der Waals surface area contributed by atoms with Crippen LogP contribution in [0.2, 0.25) is 0 Å². The number of nitrogens with two attached hydrogens (primary N) is 1. The second-order valence-corrected chi connectivity index (χ2v) is 4.15. The first-order chi connectivity index (χ1) is 7.77. The number of nitrogens with zero attached hydrogens (tertiary/aromatic N) is 4. The van der Waals surface area contributed by atoms with Crippen LogP contribution < -0.4 is 5.73 Å². The van der Waals surface area contributed by atoms with Crippen LogP contribution in [0, 0.1) is 0 Å². The second-order valence-electron chi connectivity index (χ2n) is 4.15. The average Bonchev–Trinajstić information content (AvgIpc) is 2.84. The maximum Gasteiger partial charge on any atom is 0.163 e. The third-order valence-corrected chi connectivity index (χ3v) is 3.18. The zero-order valence-electron chi connectivity index (χ0n) is 8.74. The van der Waals surface area contributed by atoms with Crippen molar-refractivity contribution in [1.29, 1.82) is 0 Å². The lowest BCUT2D eigenvalue weighted by atomic mass is 10.2. The Hall–Kier alpha value is -1.69. The molecule has 2 aromatic heterocycles. The Balaban J connectivity index is 2.14. The predicted molar refractivity (Wildman–Crippen MR) is 58.6 cm³/mol. The molecule has 0 spiro atoms. The van der Waals surface area contributed by atoms with Gasteiger partial charge < -0.3 is 10.8 Å². The van der Waals surface area contributed by atoms with Crippen LogP contribution in [0.3, 0.4) is 0 Å². The molecular formula is C10H13N5O. The molecule has 6 nitrogen and oxygen atoms in total. The molecule has 2 atom stereocenters. The minimum Gasteiger partial charge on any atom is -0.391 e. The molecule has 1 aliphatic carbocycles. The third-order valence-electron chi connectivity index (χ3n) is 3.18. The Morgan fingerprint density at radius 3 is 3.00 bits per heavy atom. The largest absolute Gasteiger partial charge is 0.391 e. The smallest absolute Gasteiger partial charge is 0.163 e. The molecular weight excluding hydrogens is 206 g/mol. The number of fused-ring (bicyclic) bond motifs is 1. The molecule has 1 aliphatic rings. The molecule has 0 amide bonds. The van der Waals surface area contributed by atoms with Gasteiger partial charge in [-0.2, -0.15) is 5.10 Å². The molecule has 0 radical (unpaired) electrons. The van der Waals surface area contributed by atoms with E-state index in [1.165, 1.54) is 6.33 Å². The molecule has 2 unspecified atom stereocenters. The van der Waals surface area contributed by atoms with Crippen molar-refractivity contribution >= 4 is 16.9 Å². The molecule has 0 saturated heterocycles. The lowest BCUT2D eigenvalue weighted by Crippen LogP contribution is -2.19. The van der Waals surface area contributed by atoms with Crippen LogP contribution in [-0.4, -0.2) is 31.0 Å². The van der Waals surface area contributed by atoms with Gasteiger partial charge in [-0.25, -0.2) is 14.6 Å². The zero-order valence-corrected chi connectivity index (χ0v) is 8.74. The maximum atomic E-state index is 9.85. The van der Waals surface area contributed by atoms with E-state index >= 15 is 0 Å². The van der Waals surface area contributed by atoms with Crippen molar-refractivity contribution in [2.75, 3.05) is 5.73 Å². The highest BCUT2D eigenvalue weighted by Crippen LogP contribution is 2.31. The Kier molecular flexibility index (Phi) is 2.03. The van der Waals surface area contributed by atoms with E-state index in [-0.39, 0.29) is 12.1 Å². The van der Waals surface area contributed by atoms with E-state index in [9.17, 15) is 5.11 Å². The van der Waals surface area contributed by atoms with Gasteiger partial charge in [-0.15, -0.1) is 0 Å². The minimum absolute atomic E-state index is 0.0202. The summed E-state index contributed by atoms with van der Waals surface area (Å²) in [6, 6.07) is 0.0202. The number of nitrogen functional groups attached to an aromatic ring is 1. The van der Waals surface area contributed by atoms with Gasteiger partial charge in [0.15, 0.2) is 5.65 Å². The summed E-state index contributed by atoms with van der Waals surface area (Å²) in [5.74, 6) is 0.434. The number of aliphatic hydroxyl groups is 1. The Bertz CT molecular complexity index is 523. The Morgan fingerprint density at radius 1 is 1.38 bits per heavy atom. The fourth-order valence-corrected chi connectivity index (χ4v) is 2.33. The van der Waals surface area contributed by atoms with E-state index < -0.39 is 0 Å². The highest BCUT2D eigenvalue weighted by atomic mass is 16.3. The van der Waals surface area contributed by atoms with Gasteiger partial charge in [0, 0.05) is 0 Å². The number of aliphatic hydroxyl groups excluding tert-OH is 1. The lowest BCUT2D eigenvalue weighted by molar-refractivity contribution is 0.132. The van der Waals surface area contributed by atoms with Crippen LogP contribution in [0.5, 0.6) is 0 Å².